The molecule has 6 nitrogen and oxygen atoms in total. The second-order valence-corrected chi connectivity index (χ2v) is 4.07. The van der Waals surface area contributed by atoms with Crippen molar-refractivity contribution in [2.45, 2.75) is 37.8 Å². The molecular weight excluding hydrogens is 212 g/mol. The minimum Gasteiger partial charge on any atom is -0.479 e. The number of nitrogens with two attached hydrogens (primary N) is 1. The van der Waals surface area contributed by atoms with Crippen molar-refractivity contribution in [2.75, 3.05) is 13.2 Å². The number of nitrogens with one attached hydrogen (secondary N) is 1. The summed E-state index contributed by atoms with van der Waals surface area (Å²) in [5.41, 5.74) is 4.33. The fourth-order valence-corrected chi connectivity index (χ4v) is 1.66. The first-order valence-corrected chi connectivity index (χ1v) is 5.40. The second kappa shape index (κ2) is 5.27. The van der Waals surface area contributed by atoms with E-state index in [9.17, 15) is 9.59 Å². The van der Waals surface area contributed by atoms with E-state index < -0.39 is 23.5 Å². The van der Waals surface area contributed by atoms with Gasteiger partial charge >= 0.3 is 5.97 Å². The minimum absolute atomic E-state index is 0.00686. The summed E-state index contributed by atoms with van der Waals surface area (Å²) in [4.78, 5) is 22.7. The molecule has 0 radical (unpaired) electrons. The third-order valence-corrected chi connectivity index (χ3v) is 2.73. The van der Waals surface area contributed by atoms with Gasteiger partial charge < -0.3 is 20.9 Å². The average molecular weight is 230 g/mol. The summed E-state index contributed by atoms with van der Waals surface area (Å²) in [6.07, 6.45) is 1.61. The number of carboxylic acid groups (broad SMARTS) is 1. The topological polar surface area (TPSA) is 102 Å². The number of rotatable bonds is 5. The van der Waals surface area contributed by atoms with E-state index in [0.717, 1.165) is 6.42 Å². The number of amides is 1. The Balaban J connectivity index is 2.62. The number of carbonyl (C=O) groups is 2. The van der Waals surface area contributed by atoms with Crippen LogP contribution in [0.3, 0.4) is 0 Å². The number of carbonyl (C=O) groups excluding carboxylic acids is 1. The van der Waals surface area contributed by atoms with Gasteiger partial charge in [-0.2, -0.15) is 0 Å². The van der Waals surface area contributed by atoms with Crippen LogP contribution in [0, 0.1) is 0 Å². The van der Waals surface area contributed by atoms with Gasteiger partial charge in [-0.1, -0.05) is 13.3 Å². The molecule has 1 aliphatic heterocycles. The standard InChI is InChI=1S/C10H18N2O4/c1-2-3-7(11)8(13)12-10(9(14)15)4-5-16-6-10/h7H,2-6,11H2,1H3,(H,12,13)(H,14,15). The quantitative estimate of drug-likeness (QED) is 0.589. The molecule has 6 heteroatoms. The molecule has 4 N–H and O–H groups in total. The third-order valence-electron chi connectivity index (χ3n) is 2.73. The molecule has 0 aromatic heterocycles. The summed E-state index contributed by atoms with van der Waals surface area (Å²) >= 11 is 0. The van der Waals surface area contributed by atoms with E-state index in [4.69, 9.17) is 15.6 Å². The zero-order valence-corrected chi connectivity index (χ0v) is 9.36. The lowest BCUT2D eigenvalue weighted by molar-refractivity contribution is -0.147. The van der Waals surface area contributed by atoms with Crippen LogP contribution < -0.4 is 11.1 Å². The Hall–Kier alpha value is -1.14. The van der Waals surface area contributed by atoms with Crippen molar-refractivity contribution < 1.29 is 19.4 Å². The number of hydrogen-bond acceptors (Lipinski definition) is 4. The maximum absolute atomic E-state index is 11.6. The van der Waals surface area contributed by atoms with Crippen LogP contribution in [-0.4, -0.2) is 41.8 Å². The van der Waals surface area contributed by atoms with Gasteiger partial charge in [0, 0.05) is 13.0 Å². The lowest BCUT2D eigenvalue weighted by atomic mass is 9.98. The first-order valence-electron chi connectivity index (χ1n) is 5.40. The van der Waals surface area contributed by atoms with E-state index in [1.54, 1.807) is 0 Å². The normalized spacial score (nSPS) is 26.4. The molecule has 1 heterocycles. The van der Waals surface area contributed by atoms with Gasteiger partial charge in [0.2, 0.25) is 5.91 Å². The second-order valence-electron chi connectivity index (χ2n) is 4.07. The van der Waals surface area contributed by atoms with Crippen molar-refractivity contribution in [3.63, 3.8) is 0 Å². The van der Waals surface area contributed by atoms with Gasteiger partial charge in [0.25, 0.3) is 0 Å². The van der Waals surface area contributed by atoms with Gasteiger partial charge in [0.15, 0.2) is 5.54 Å². The van der Waals surface area contributed by atoms with Gasteiger partial charge in [0.1, 0.15) is 0 Å². The zero-order valence-electron chi connectivity index (χ0n) is 9.36. The van der Waals surface area contributed by atoms with Crippen molar-refractivity contribution in [2.24, 2.45) is 5.73 Å². The zero-order chi connectivity index (χ0) is 12.2. The SMILES string of the molecule is CCCC(N)C(=O)NC1(C(=O)O)CCOC1. The largest absolute Gasteiger partial charge is 0.479 e. The Kier molecular flexibility index (Phi) is 4.26. The summed E-state index contributed by atoms with van der Waals surface area (Å²) < 4.78 is 5.03. The Morgan fingerprint density at radius 3 is 2.75 bits per heavy atom. The molecule has 1 rings (SSSR count). The molecule has 1 amide bonds. The number of hydrogen-bond donors (Lipinski definition) is 3. The van der Waals surface area contributed by atoms with Crippen molar-refractivity contribution in [3.05, 3.63) is 0 Å². The Morgan fingerprint density at radius 2 is 2.31 bits per heavy atom. The van der Waals surface area contributed by atoms with E-state index in [2.05, 4.69) is 5.32 Å². The first-order chi connectivity index (χ1) is 7.52. The molecule has 0 saturated carbocycles. The number of ether oxygens (including phenoxy) is 1. The molecule has 1 fully saturated rings. The van der Waals surface area contributed by atoms with Gasteiger partial charge in [-0.25, -0.2) is 4.79 Å². The van der Waals surface area contributed by atoms with E-state index in [1.807, 2.05) is 6.92 Å². The van der Waals surface area contributed by atoms with Crippen molar-refractivity contribution in [1.82, 2.24) is 5.32 Å². The molecule has 0 aliphatic carbocycles. The summed E-state index contributed by atoms with van der Waals surface area (Å²) in [5, 5.41) is 11.6. The fraction of sp³-hybridized carbons (Fsp3) is 0.800. The predicted octanol–water partition coefficient (Wildman–Crippen LogP) is -0.526. The molecule has 0 spiro atoms. The molecule has 1 aliphatic rings. The Bertz CT molecular complexity index is 274. The summed E-state index contributed by atoms with van der Waals surface area (Å²) in [6, 6.07) is -0.651. The lowest BCUT2D eigenvalue weighted by Gasteiger charge is -2.25. The first kappa shape index (κ1) is 12.9. The molecule has 92 valence electrons. The van der Waals surface area contributed by atoms with Crippen LogP contribution in [0.15, 0.2) is 0 Å². The van der Waals surface area contributed by atoms with Crippen LogP contribution in [0.1, 0.15) is 26.2 Å². The Labute approximate surface area is 94.1 Å². The van der Waals surface area contributed by atoms with Crippen LogP contribution in [-0.2, 0) is 14.3 Å². The average Bonchev–Trinajstić information content (AvgIpc) is 2.68. The van der Waals surface area contributed by atoms with E-state index in [-0.39, 0.29) is 13.0 Å². The molecule has 2 atom stereocenters. The van der Waals surface area contributed by atoms with Crippen LogP contribution >= 0.6 is 0 Å². The van der Waals surface area contributed by atoms with Crippen LogP contribution in [0.2, 0.25) is 0 Å². The molecule has 0 aromatic rings. The van der Waals surface area contributed by atoms with Crippen LogP contribution in [0.5, 0.6) is 0 Å². The highest BCUT2D eigenvalue weighted by molar-refractivity contribution is 5.89. The summed E-state index contributed by atoms with van der Waals surface area (Å²) in [6.45, 7) is 2.27. The fourth-order valence-electron chi connectivity index (χ4n) is 1.66. The van der Waals surface area contributed by atoms with Crippen LogP contribution in [0.4, 0.5) is 0 Å². The Morgan fingerprint density at radius 1 is 1.62 bits per heavy atom. The summed E-state index contributed by atoms with van der Waals surface area (Å²) in [5.74, 6) is -1.49. The minimum atomic E-state index is -1.29. The van der Waals surface area contributed by atoms with Gasteiger partial charge in [-0.3, -0.25) is 4.79 Å². The van der Waals surface area contributed by atoms with E-state index >= 15 is 0 Å². The highest BCUT2D eigenvalue weighted by Crippen LogP contribution is 2.19. The maximum Gasteiger partial charge on any atom is 0.331 e. The molecule has 2 unspecified atom stereocenters. The van der Waals surface area contributed by atoms with Crippen LogP contribution in [0.25, 0.3) is 0 Å². The van der Waals surface area contributed by atoms with E-state index in [0.29, 0.717) is 13.0 Å². The lowest BCUT2D eigenvalue weighted by Crippen LogP contribution is -2.58. The molecule has 0 aromatic carbocycles. The van der Waals surface area contributed by atoms with Gasteiger partial charge in [-0.05, 0) is 6.42 Å². The van der Waals surface area contributed by atoms with Gasteiger partial charge in [-0.15, -0.1) is 0 Å². The van der Waals surface area contributed by atoms with E-state index in [1.165, 1.54) is 0 Å². The highest BCUT2D eigenvalue weighted by Gasteiger charge is 2.44. The molecular formula is C10H18N2O4. The number of aliphatic carboxylic acids is 1. The molecule has 0 bridgehead atoms. The third kappa shape index (κ3) is 2.70. The molecule has 1 saturated heterocycles. The summed E-state index contributed by atoms with van der Waals surface area (Å²) in [7, 11) is 0. The monoisotopic (exact) mass is 230 g/mol. The maximum atomic E-state index is 11.6. The number of carboxylic acids is 1. The highest BCUT2D eigenvalue weighted by atomic mass is 16.5. The van der Waals surface area contributed by atoms with Crippen molar-refractivity contribution >= 4 is 11.9 Å². The van der Waals surface area contributed by atoms with Crippen molar-refractivity contribution in [1.29, 1.82) is 0 Å². The predicted molar refractivity (Wildman–Crippen MR) is 56.8 cm³/mol. The smallest absolute Gasteiger partial charge is 0.331 e. The van der Waals surface area contributed by atoms with Crippen molar-refractivity contribution in [3.8, 4) is 0 Å². The molecule has 16 heavy (non-hydrogen) atoms. The van der Waals surface area contributed by atoms with Gasteiger partial charge in [0.05, 0.1) is 12.6 Å².